The molecule has 0 unspecified atom stereocenters. The number of halogens is 1. The molecule has 0 bridgehead atoms. The third-order valence-corrected chi connectivity index (χ3v) is 3.65. The van der Waals surface area contributed by atoms with Crippen molar-refractivity contribution in [1.82, 2.24) is 0 Å². The lowest BCUT2D eigenvalue weighted by atomic mass is 10.2. The van der Waals surface area contributed by atoms with Crippen LogP contribution in [0.4, 0.5) is 5.69 Å². The average Bonchev–Trinajstić information content (AvgIpc) is 2.48. The Morgan fingerprint density at radius 2 is 1.90 bits per heavy atom. The largest absolute Gasteiger partial charge is 0.493 e. The van der Waals surface area contributed by atoms with E-state index in [1.807, 2.05) is 31.2 Å². The van der Waals surface area contributed by atoms with Crippen molar-refractivity contribution in [3.63, 3.8) is 0 Å². The lowest BCUT2D eigenvalue weighted by Gasteiger charge is -2.14. The van der Waals surface area contributed by atoms with E-state index in [2.05, 4.69) is 46.1 Å². The number of rotatable bonds is 6. The van der Waals surface area contributed by atoms with E-state index in [1.54, 1.807) is 7.11 Å². The molecular weight excluding hydrogens is 365 g/mol. The summed E-state index contributed by atoms with van der Waals surface area (Å²) < 4.78 is 12.1. The van der Waals surface area contributed by atoms with Gasteiger partial charge in [0.2, 0.25) is 0 Å². The zero-order valence-electron chi connectivity index (χ0n) is 11.7. The monoisotopic (exact) mass is 383 g/mol. The summed E-state index contributed by atoms with van der Waals surface area (Å²) in [6.45, 7) is 3.36. The van der Waals surface area contributed by atoms with Crippen molar-refractivity contribution in [2.45, 2.75) is 13.5 Å². The maximum Gasteiger partial charge on any atom is 0.174 e. The second kappa shape index (κ2) is 7.38. The first-order valence-corrected chi connectivity index (χ1v) is 7.60. The summed E-state index contributed by atoms with van der Waals surface area (Å²) in [5, 5.41) is 3.39. The molecule has 3 nitrogen and oxygen atoms in total. The number of anilines is 1. The van der Waals surface area contributed by atoms with E-state index in [4.69, 9.17) is 9.47 Å². The van der Waals surface area contributed by atoms with Crippen LogP contribution in [-0.4, -0.2) is 13.7 Å². The maximum atomic E-state index is 5.62. The van der Waals surface area contributed by atoms with Crippen LogP contribution in [0.25, 0.3) is 0 Å². The Morgan fingerprint density at radius 3 is 2.55 bits per heavy atom. The average molecular weight is 383 g/mol. The topological polar surface area (TPSA) is 30.5 Å². The molecule has 0 aromatic heterocycles. The highest BCUT2D eigenvalue weighted by molar-refractivity contribution is 14.1. The van der Waals surface area contributed by atoms with E-state index < -0.39 is 0 Å². The minimum absolute atomic E-state index is 0.633. The van der Waals surface area contributed by atoms with Gasteiger partial charge in [0.15, 0.2) is 11.5 Å². The molecule has 1 N–H and O–H groups in total. The van der Waals surface area contributed by atoms with Gasteiger partial charge >= 0.3 is 0 Å². The third kappa shape index (κ3) is 3.79. The Morgan fingerprint density at radius 1 is 1.15 bits per heavy atom. The first kappa shape index (κ1) is 15.0. The van der Waals surface area contributed by atoms with Crippen LogP contribution in [0.2, 0.25) is 0 Å². The Kier molecular flexibility index (Phi) is 5.52. The van der Waals surface area contributed by atoms with Crippen molar-refractivity contribution in [2.75, 3.05) is 19.0 Å². The molecule has 0 saturated heterocycles. The van der Waals surface area contributed by atoms with Gasteiger partial charge in [-0.15, -0.1) is 0 Å². The predicted octanol–water partition coefficient (Wildman–Crippen LogP) is 4.31. The second-order valence-corrected chi connectivity index (χ2v) is 5.42. The molecule has 0 spiro atoms. The van der Waals surface area contributed by atoms with Crippen LogP contribution in [0.5, 0.6) is 11.5 Å². The number of hydrogen-bond acceptors (Lipinski definition) is 3. The molecule has 0 saturated carbocycles. The summed E-state index contributed by atoms with van der Waals surface area (Å²) in [5.41, 5.74) is 2.27. The highest BCUT2D eigenvalue weighted by Crippen LogP contribution is 2.34. The molecular formula is C16H18INO2. The van der Waals surface area contributed by atoms with Gasteiger partial charge in [-0.05, 0) is 59.3 Å². The van der Waals surface area contributed by atoms with Crippen LogP contribution in [0, 0.1) is 3.57 Å². The van der Waals surface area contributed by atoms with Gasteiger partial charge in [0.25, 0.3) is 0 Å². The summed E-state index contributed by atoms with van der Waals surface area (Å²) in [4.78, 5) is 0. The minimum atomic E-state index is 0.633. The zero-order chi connectivity index (χ0) is 14.4. The van der Waals surface area contributed by atoms with Crippen LogP contribution in [0.15, 0.2) is 42.5 Å². The van der Waals surface area contributed by atoms with Gasteiger partial charge in [-0.1, -0.05) is 18.2 Å². The van der Waals surface area contributed by atoms with Crippen molar-refractivity contribution < 1.29 is 9.47 Å². The number of methoxy groups -OCH3 is 1. The predicted molar refractivity (Wildman–Crippen MR) is 90.6 cm³/mol. The summed E-state index contributed by atoms with van der Waals surface area (Å²) in [7, 11) is 1.67. The smallest absolute Gasteiger partial charge is 0.174 e. The summed E-state index contributed by atoms with van der Waals surface area (Å²) in [6, 6.07) is 14.3. The number of ether oxygens (including phenoxy) is 2. The van der Waals surface area contributed by atoms with E-state index in [-0.39, 0.29) is 0 Å². The first-order valence-electron chi connectivity index (χ1n) is 6.52. The second-order valence-electron chi connectivity index (χ2n) is 4.26. The number of nitrogens with one attached hydrogen (secondary N) is 1. The molecule has 0 amide bonds. The summed E-state index contributed by atoms with van der Waals surface area (Å²) >= 11 is 2.28. The van der Waals surface area contributed by atoms with E-state index >= 15 is 0 Å². The molecule has 0 radical (unpaired) electrons. The molecule has 0 aliphatic carbocycles. The SMILES string of the molecule is CCOc1c(I)cc(CNc2ccccc2)cc1OC. The van der Waals surface area contributed by atoms with Crippen molar-refractivity contribution >= 4 is 28.3 Å². The quantitative estimate of drug-likeness (QED) is 0.755. The van der Waals surface area contributed by atoms with Crippen LogP contribution in [0.3, 0.4) is 0 Å². The van der Waals surface area contributed by atoms with Crippen molar-refractivity contribution in [2.24, 2.45) is 0 Å². The maximum absolute atomic E-state index is 5.62. The van der Waals surface area contributed by atoms with Crippen LogP contribution < -0.4 is 14.8 Å². The molecule has 2 rings (SSSR count). The van der Waals surface area contributed by atoms with Crippen molar-refractivity contribution in [3.8, 4) is 11.5 Å². The fourth-order valence-electron chi connectivity index (χ4n) is 1.92. The van der Waals surface area contributed by atoms with Gasteiger partial charge in [0, 0.05) is 12.2 Å². The van der Waals surface area contributed by atoms with E-state index in [0.717, 1.165) is 27.3 Å². The normalized spacial score (nSPS) is 10.2. The molecule has 0 heterocycles. The Labute approximate surface area is 133 Å². The van der Waals surface area contributed by atoms with Gasteiger partial charge < -0.3 is 14.8 Å². The molecule has 0 aliphatic heterocycles. The van der Waals surface area contributed by atoms with Gasteiger partial charge in [-0.3, -0.25) is 0 Å². The summed E-state index contributed by atoms with van der Waals surface area (Å²) in [5.74, 6) is 1.60. The molecule has 106 valence electrons. The van der Waals surface area contributed by atoms with Gasteiger partial charge in [0.1, 0.15) is 0 Å². The molecule has 0 atom stereocenters. The van der Waals surface area contributed by atoms with Crippen LogP contribution in [0.1, 0.15) is 12.5 Å². The highest BCUT2D eigenvalue weighted by atomic mass is 127. The Hall–Kier alpha value is -1.43. The Bertz CT molecular complexity index is 558. The lowest BCUT2D eigenvalue weighted by molar-refractivity contribution is 0.308. The number of para-hydroxylation sites is 1. The minimum Gasteiger partial charge on any atom is -0.493 e. The van der Waals surface area contributed by atoms with Crippen LogP contribution in [-0.2, 0) is 6.54 Å². The molecule has 0 fully saturated rings. The fourth-order valence-corrected chi connectivity index (χ4v) is 2.74. The van der Waals surface area contributed by atoms with E-state index in [0.29, 0.717) is 6.61 Å². The number of benzene rings is 2. The van der Waals surface area contributed by atoms with Crippen molar-refractivity contribution in [1.29, 1.82) is 0 Å². The zero-order valence-corrected chi connectivity index (χ0v) is 13.8. The third-order valence-electron chi connectivity index (χ3n) is 2.85. The molecule has 0 aliphatic rings. The highest BCUT2D eigenvalue weighted by Gasteiger charge is 2.11. The van der Waals surface area contributed by atoms with E-state index in [9.17, 15) is 0 Å². The standard InChI is InChI=1S/C16H18INO2/c1-3-20-16-14(17)9-12(10-15(16)19-2)11-18-13-7-5-4-6-8-13/h4-10,18H,3,11H2,1-2H3. The Balaban J connectivity index is 2.14. The summed E-state index contributed by atoms with van der Waals surface area (Å²) in [6.07, 6.45) is 0. The van der Waals surface area contributed by atoms with Gasteiger partial charge in [0.05, 0.1) is 17.3 Å². The first-order chi connectivity index (χ1) is 9.74. The molecule has 2 aromatic carbocycles. The molecule has 2 aromatic rings. The lowest BCUT2D eigenvalue weighted by Crippen LogP contribution is -2.03. The molecule has 20 heavy (non-hydrogen) atoms. The van der Waals surface area contributed by atoms with Crippen molar-refractivity contribution in [3.05, 3.63) is 51.6 Å². The number of hydrogen-bond donors (Lipinski definition) is 1. The van der Waals surface area contributed by atoms with E-state index in [1.165, 1.54) is 5.56 Å². The van der Waals surface area contributed by atoms with Gasteiger partial charge in [-0.2, -0.15) is 0 Å². The molecule has 4 heteroatoms. The fraction of sp³-hybridized carbons (Fsp3) is 0.250. The van der Waals surface area contributed by atoms with Gasteiger partial charge in [-0.25, -0.2) is 0 Å². The van der Waals surface area contributed by atoms with Crippen LogP contribution >= 0.6 is 22.6 Å².